The monoisotopic (exact) mass is 262 g/mol. The molecule has 2 fully saturated rings. The van der Waals surface area contributed by atoms with Crippen LogP contribution >= 0.6 is 0 Å². The largest absolute Gasteiger partial charge is 0.465 e. The van der Waals surface area contributed by atoms with Crippen molar-refractivity contribution in [2.75, 3.05) is 0 Å². The molecule has 1 amide bonds. The molecular weight excluding hydrogens is 244 g/mol. The Hall–Kier alpha value is -1.78. The van der Waals surface area contributed by atoms with E-state index in [-0.39, 0.29) is 12.1 Å². The summed E-state index contributed by atoms with van der Waals surface area (Å²) in [6, 6.07) is 2.28. The second-order valence-electron chi connectivity index (χ2n) is 5.32. The predicted octanol–water partition coefficient (Wildman–Crippen LogP) is 2.78. The van der Waals surface area contributed by atoms with Gasteiger partial charge in [0.05, 0.1) is 5.69 Å². The number of hydrogen-bond donors (Lipinski definition) is 1. The first kappa shape index (κ1) is 12.3. The van der Waals surface area contributed by atoms with Crippen molar-refractivity contribution in [3.8, 4) is 0 Å². The molecule has 1 aromatic heterocycles. The van der Waals surface area contributed by atoms with E-state index >= 15 is 0 Å². The normalized spacial score (nSPS) is 29.5. The van der Waals surface area contributed by atoms with Gasteiger partial charge in [-0.1, -0.05) is 18.2 Å². The van der Waals surface area contributed by atoms with Crippen molar-refractivity contribution in [1.29, 1.82) is 0 Å². The summed E-state index contributed by atoms with van der Waals surface area (Å²) in [6.45, 7) is 2.03. The number of carboxylic acid groups (broad SMARTS) is 1. The summed E-state index contributed by atoms with van der Waals surface area (Å²) in [5.41, 5.74) is 0.944. The summed E-state index contributed by atoms with van der Waals surface area (Å²) >= 11 is 0. The fourth-order valence-electron chi connectivity index (χ4n) is 3.33. The van der Waals surface area contributed by atoms with E-state index < -0.39 is 6.09 Å². The average molecular weight is 262 g/mol. The lowest BCUT2D eigenvalue weighted by Crippen LogP contribution is -2.34. The molecule has 5 heteroatoms. The van der Waals surface area contributed by atoms with E-state index in [0.29, 0.717) is 5.92 Å². The molecule has 3 atom stereocenters. The molecule has 3 heterocycles. The Labute approximate surface area is 111 Å². The standard InChI is InChI=1S/C14H18N2O3/c1-2-10-8-12(19-15-10)5-3-9-7-11-4-6-13(9)16(11)14(17)18/h3,5,8-9,11,13H,2,4,6-7H2,1H3,(H,17,18). The van der Waals surface area contributed by atoms with Crippen LogP contribution in [0.1, 0.15) is 37.6 Å². The van der Waals surface area contributed by atoms with E-state index in [0.717, 1.165) is 37.1 Å². The lowest BCUT2D eigenvalue weighted by Gasteiger charge is -2.19. The molecule has 0 spiro atoms. The number of hydrogen-bond acceptors (Lipinski definition) is 3. The Morgan fingerprint density at radius 2 is 2.47 bits per heavy atom. The molecule has 0 aliphatic carbocycles. The van der Waals surface area contributed by atoms with Gasteiger partial charge >= 0.3 is 6.09 Å². The minimum atomic E-state index is -0.781. The summed E-state index contributed by atoms with van der Waals surface area (Å²) in [5, 5.41) is 13.1. The van der Waals surface area contributed by atoms with Gasteiger partial charge in [0.15, 0.2) is 5.76 Å². The Balaban J connectivity index is 1.70. The smallest absolute Gasteiger partial charge is 0.407 e. The first-order valence-electron chi connectivity index (χ1n) is 6.84. The highest BCUT2D eigenvalue weighted by Gasteiger charge is 2.47. The Kier molecular flexibility index (Phi) is 3.05. The average Bonchev–Trinajstić information content (AvgIpc) is 3.09. The third-order valence-electron chi connectivity index (χ3n) is 4.25. The zero-order valence-electron chi connectivity index (χ0n) is 11.0. The first-order chi connectivity index (χ1) is 9.19. The fraction of sp³-hybridized carbons (Fsp3) is 0.571. The number of carbonyl (C=O) groups is 1. The van der Waals surface area contributed by atoms with Crippen LogP contribution in [0.15, 0.2) is 16.7 Å². The van der Waals surface area contributed by atoms with E-state index in [4.69, 9.17) is 4.52 Å². The van der Waals surface area contributed by atoms with Gasteiger partial charge in [0, 0.05) is 18.2 Å². The minimum Gasteiger partial charge on any atom is -0.465 e. The number of amides is 1. The maximum atomic E-state index is 11.2. The summed E-state index contributed by atoms with van der Waals surface area (Å²) in [4.78, 5) is 12.8. The molecule has 3 unspecified atom stereocenters. The molecule has 5 nitrogen and oxygen atoms in total. The molecule has 102 valence electrons. The number of rotatable bonds is 3. The van der Waals surface area contributed by atoms with E-state index in [2.05, 4.69) is 11.2 Å². The maximum Gasteiger partial charge on any atom is 0.407 e. The topological polar surface area (TPSA) is 66.6 Å². The summed E-state index contributed by atoms with van der Waals surface area (Å²) in [5.74, 6) is 1.06. The minimum absolute atomic E-state index is 0.146. The van der Waals surface area contributed by atoms with Crippen LogP contribution in [-0.2, 0) is 6.42 Å². The van der Waals surface area contributed by atoms with Crippen molar-refractivity contribution in [3.05, 3.63) is 23.6 Å². The second kappa shape index (κ2) is 4.72. The predicted molar refractivity (Wildman–Crippen MR) is 69.7 cm³/mol. The van der Waals surface area contributed by atoms with Gasteiger partial charge in [-0.05, 0) is 37.7 Å². The van der Waals surface area contributed by atoms with Gasteiger partial charge in [-0.3, -0.25) is 0 Å². The van der Waals surface area contributed by atoms with Gasteiger partial charge in [0.25, 0.3) is 0 Å². The lowest BCUT2D eigenvalue weighted by atomic mass is 9.89. The first-order valence-corrected chi connectivity index (χ1v) is 6.84. The summed E-state index contributed by atoms with van der Waals surface area (Å²) < 4.78 is 5.20. The van der Waals surface area contributed by atoms with Crippen LogP contribution in [0.3, 0.4) is 0 Å². The lowest BCUT2D eigenvalue weighted by molar-refractivity contribution is 0.137. The maximum absolute atomic E-state index is 11.2. The number of aryl methyl sites for hydroxylation is 1. The highest BCUT2D eigenvalue weighted by Crippen LogP contribution is 2.42. The van der Waals surface area contributed by atoms with Gasteiger partial charge in [0.1, 0.15) is 0 Å². The molecule has 2 bridgehead atoms. The van der Waals surface area contributed by atoms with Crippen molar-refractivity contribution in [1.82, 2.24) is 10.1 Å². The quantitative estimate of drug-likeness (QED) is 0.909. The summed E-state index contributed by atoms with van der Waals surface area (Å²) in [6.07, 6.45) is 7.00. The third kappa shape index (κ3) is 2.13. The van der Waals surface area contributed by atoms with E-state index in [1.54, 1.807) is 4.90 Å². The van der Waals surface area contributed by atoms with Crippen molar-refractivity contribution < 1.29 is 14.4 Å². The van der Waals surface area contributed by atoms with Crippen LogP contribution in [0.2, 0.25) is 0 Å². The van der Waals surface area contributed by atoms with Crippen LogP contribution in [0.4, 0.5) is 4.79 Å². The van der Waals surface area contributed by atoms with Crippen molar-refractivity contribution >= 4 is 12.2 Å². The number of aromatic nitrogens is 1. The van der Waals surface area contributed by atoms with E-state index in [1.807, 2.05) is 19.1 Å². The number of fused-ring (bicyclic) bond motifs is 2. The van der Waals surface area contributed by atoms with Gasteiger partial charge in [-0.15, -0.1) is 0 Å². The third-order valence-corrected chi connectivity index (χ3v) is 4.25. The molecular formula is C14H18N2O3. The zero-order chi connectivity index (χ0) is 13.4. The summed E-state index contributed by atoms with van der Waals surface area (Å²) in [7, 11) is 0. The molecule has 2 aliphatic heterocycles. The van der Waals surface area contributed by atoms with E-state index in [1.165, 1.54) is 0 Å². The Morgan fingerprint density at radius 1 is 1.63 bits per heavy atom. The molecule has 19 heavy (non-hydrogen) atoms. The van der Waals surface area contributed by atoms with Crippen molar-refractivity contribution in [2.24, 2.45) is 5.92 Å². The van der Waals surface area contributed by atoms with Crippen LogP contribution in [0.5, 0.6) is 0 Å². The van der Waals surface area contributed by atoms with Crippen molar-refractivity contribution in [3.63, 3.8) is 0 Å². The van der Waals surface area contributed by atoms with Crippen LogP contribution in [0.25, 0.3) is 6.08 Å². The highest BCUT2D eigenvalue weighted by molar-refractivity contribution is 5.67. The zero-order valence-corrected chi connectivity index (χ0v) is 11.0. The molecule has 1 N–H and O–H groups in total. The van der Waals surface area contributed by atoms with Gasteiger partial charge in [0.2, 0.25) is 0 Å². The molecule has 0 aromatic carbocycles. The number of nitrogens with zero attached hydrogens (tertiary/aromatic N) is 2. The van der Waals surface area contributed by atoms with Gasteiger partial charge in [-0.2, -0.15) is 0 Å². The van der Waals surface area contributed by atoms with E-state index in [9.17, 15) is 9.90 Å². The SMILES string of the molecule is CCc1cc(C=CC2CC3CCC2N3C(=O)O)on1. The van der Waals surface area contributed by atoms with Crippen LogP contribution in [-0.4, -0.2) is 33.3 Å². The Morgan fingerprint density at radius 3 is 3.11 bits per heavy atom. The molecule has 2 aliphatic rings. The fourth-order valence-corrected chi connectivity index (χ4v) is 3.33. The Bertz CT molecular complexity index is 509. The van der Waals surface area contributed by atoms with Gasteiger partial charge < -0.3 is 14.5 Å². The second-order valence-corrected chi connectivity index (χ2v) is 5.32. The molecule has 3 rings (SSSR count). The van der Waals surface area contributed by atoms with Crippen molar-refractivity contribution in [2.45, 2.75) is 44.7 Å². The molecule has 1 aromatic rings. The van der Waals surface area contributed by atoms with Crippen LogP contribution < -0.4 is 0 Å². The molecule has 0 saturated carbocycles. The molecule has 0 radical (unpaired) electrons. The highest BCUT2D eigenvalue weighted by atomic mass is 16.5. The van der Waals surface area contributed by atoms with Gasteiger partial charge in [-0.25, -0.2) is 4.79 Å². The van der Waals surface area contributed by atoms with Crippen LogP contribution in [0, 0.1) is 5.92 Å². The molecule has 2 saturated heterocycles.